The SMILES string of the molecule is CCC(C)[C@H](NC(=O)CN(C)C(=O)[C@@H](Cc1ccccc1)N(C)C(=O)[C@@H](C)NC(=O)[C@@H](CC(C)C)NC(=O)/C(C)=C/CC[C@H](C)[C@H](NC(=O)C(C)N)C(C)CC)C(=O)O. The number of aliphatic carboxylic acids is 1. The minimum Gasteiger partial charge on any atom is -0.480 e. The van der Waals surface area contributed by atoms with Crippen molar-refractivity contribution in [2.45, 2.75) is 144 Å². The third kappa shape index (κ3) is 17.5. The Morgan fingerprint density at radius 3 is 1.90 bits per heavy atom. The molecule has 0 heterocycles. The molecule has 1 aromatic rings. The van der Waals surface area contributed by atoms with Gasteiger partial charge in [0.25, 0.3) is 0 Å². The van der Waals surface area contributed by atoms with Gasteiger partial charge in [0.05, 0.1) is 12.6 Å². The van der Waals surface area contributed by atoms with Crippen molar-refractivity contribution < 1.29 is 38.7 Å². The minimum absolute atomic E-state index is 0.0189. The second kappa shape index (κ2) is 25.6. The Balaban J connectivity index is 3.13. The summed E-state index contributed by atoms with van der Waals surface area (Å²) in [5, 5.41) is 20.8. The van der Waals surface area contributed by atoms with Gasteiger partial charge in [-0.25, -0.2) is 4.79 Å². The second-order valence-electron chi connectivity index (χ2n) is 16.7. The fourth-order valence-corrected chi connectivity index (χ4v) is 6.72. The average Bonchev–Trinajstić information content (AvgIpc) is 3.18. The molecule has 15 nitrogen and oxygen atoms in total. The Labute approximate surface area is 352 Å². The number of hydrogen-bond acceptors (Lipinski definition) is 8. The summed E-state index contributed by atoms with van der Waals surface area (Å²) in [5.74, 6) is -4.11. The topological polar surface area (TPSA) is 220 Å². The number of carboxylic acids is 1. The van der Waals surface area contributed by atoms with E-state index in [1.165, 1.54) is 25.9 Å². The molecule has 0 aliphatic heterocycles. The number of rotatable bonds is 25. The van der Waals surface area contributed by atoms with Gasteiger partial charge in [0.15, 0.2) is 0 Å². The Bertz CT molecular complexity index is 1580. The molecule has 0 saturated heterocycles. The van der Waals surface area contributed by atoms with Gasteiger partial charge in [0.1, 0.15) is 24.2 Å². The van der Waals surface area contributed by atoms with E-state index in [0.29, 0.717) is 31.3 Å². The maximum Gasteiger partial charge on any atom is 0.326 e. The summed E-state index contributed by atoms with van der Waals surface area (Å²) in [6, 6.07) is 4.10. The molecular formula is C44H73N7O8. The lowest BCUT2D eigenvalue weighted by molar-refractivity contribution is -0.147. The fourth-order valence-electron chi connectivity index (χ4n) is 6.72. The smallest absolute Gasteiger partial charge is 0.326 e. The molecule has 0 fully saturated rings. The Hall–Kier alpha value is -4.79. The van der Waals surface area contributed by atoms with E-state index in [-0.39, 0.29) is 42.0 Å². The molecule has 332 valence electrons. The molecule has 9 atom stereocenters. The van der Waals surface area contributed by atoms with E-state index in [1.54, 1.807) is 32.9 Å². The molecule has 0 aliphatic rings. The molecular weight excluding hydrogens is 755 g/mol. The van der Waals surface area contributed by atoms with Crippen molar-refractivity contribution in [2.24, 2.45) is 29.4 Å². The molecule has 0 radical (unpaired) electrons. The number of benzene rings is 1. The molecule has 0 spiro atoms. The van der Waals surface area contributed by atoms with Gasteiger partial charge < -0.3 is 41.9 Å². The van der Waals surface area contributed by atoms with E-state index in [2.05, 4.69) is 42.0 Å². The Morgan fingerprint density at radius 1 is 0.780 bits per heavy atom. The van der Waals surface area contributed by atoms with Crippen molar-refractivity contribution in [3.8, 4) is 0 Å². The lowest BCUT2D eigenvalue weighted by Crippen LogP contribution is -2.57. The highest BCUT2D eigenvalue weighted by molar-refractivity contribution is 5.98. The summed E-state index contributed by atoms with van der Waals surface area (Å²) in [5.41, 5.74) is 6.98. The van der Waals surface area contributed by atoms with Crippen LogP contribution in [0.5, 0.6) is 0 Å². The van der Waals surface area contributed by atoms with Gasteiger partial charge in [-0.05, 0) is 69.3 Å². The summed E-state index contributed by atoms with van der Waals surface area (Å²) in [6.07, 6.45) is 4.91. The molecule has 1 rings (SSSR count). The third-order valence-corrected chi connectivity index (χ3v) is 11.0. The summed E-state index contributed by atoms with van der Waals surface area (Å²) in [6.45, 7) is 18.0. The summed E-state index contributed by atoms with van der Waals surface area (Å²) < 4.78 is 0. The lowest BCUT2D eigenvalue weighted by atomic mass is 9.85. The first-order valence-corrected chi connectivity index (χ1v) is 21.0. The van der Waals surface area contributed by atoms with Gasteiger partial charge in [-0.1, -0.05) is 97.7 Å². The number of carbonyl (C=O) groups is 7. The zero-order chi connectivity index (χ0) is 45.1. The van der Waals surface area contributed by atoms with Crippen molar-refractivity contribution in [1.29, 1.82) is 0 Å². The predicted molar refractivity (Wildman–Crippen MR) is 230 cm³/mol. The number of likely N-dealkylation sites (N-methyl/N-ethyl adjacent to an activating group) is 2. The summed E-state index contributed by atoms with van der Waals surface area (Å²) >= 11 is 0. The van der Waals surface area contributed by atoms with Crippen LogP contribution in [0.4, 0.5) is 0 Å². The first kappa shape index (κ1) is 52.2. The predicted octanol–water partition coefficient (Wildman–Crippen LogP) is 3.41. The van der Waals surface area contributed by atoms with E-state index >= 15 is 0 Å². The maximum absolute atomic E-state index is 13.9. The van der Waals surface area contributed by atoms with Crippen molar-refractivity contribution in [1.82, 2.24) is 31.1 Å². The van der Waals surface area contributed by atoms with Crippen LogP contribution < -0.4 is 27.0 Å². The van der Waals surface area contributed by atoms with Crippen LogP contribution in [0, 0.1) is 23.7 Å². The highest BCUT2D eigenvalue weighted by Crippen LogP contribution is 2.21. The molecule has 0 aromatic heterocycles. The van der Waals surface area contributed by atoms with Crippen LogP contribution in [0.25, 0.3) is 0 Å². The minimum atomic E-state index is -1.18. The van der Waals surface area contributed by atoms with Crippen LogP contribution in [0.3, 0.4) is 0 Å². The molecule has 3 unspecified atom stereocenters. The largest absolute Gasteiger partial charge is 0.480 e. The second-order valence-corrected chi connectivity index (χ2v) is 16.7. The molecule has 1 aromatic carbocycles. The van der Waals surface area contributed by atoms with Crippen LogP contribution in [0.15, 0.2) is 42.0 Å². The van der Waals surface area contributed by atoms with Crippen molar-refractivity contribution in [2.75, 3.05) is 20.6 Å². The zero-order valence-electron chi connectivity index (χ0n) is 37.5. The number of carboxylic acid groups (broad SMARTS) is 1. The first-order valence-electron chi connectivity index (χ1n) is 21.0. The van der Waals surface area contributed by atoms with Crippen LogP contribution in [-0.2, 0) is 40.0 Å². The lowest BCUT2D eigenvalue weighted by Gasteiger charge is -2.33. The first-order chi connectivity index (χ1) is 27.5. The van der Waals surface area contributed by atoms with Gasteiger partial charge in [0, 0.05) is 32.1 Å². The van der Waals surface area contributed by atoms with E-state index in [1.807, 2.05) is 45.0 Å². The van der Waals surface area contributed by atoms with Gasteiger partial charge in [-0.15, -0.1) is 0 Å². The van der Waals surface area contributed by atoms with Gasteiger partial charge >= 0.3 is 5.97 Å². The number of nitrogens with one attached hydrogen (secondary N) is 4. The molecule has 0 saturated carbocycles. The summed E-state index contributed by atoms with van der Waals surface area (Å²) in [4.78, 5) is 94.3. The average molecular weight is 828 g/mol. The summed E-state index contributed by atoms with van der Waals surface area (Å²) in [7, 11) is 2.86. The number of amides is 6. The van der Waals surface area contributed by atoms with Crippen LogP contribution >= 0.6 is 0 Å². The maximum atomic E-state index is 13.9. The fraction of sp³-hybridized carbons (Fsp3) is 0.659. The molecule has 0 aliphatic carbocycles. The Morgan fingerprint density at radius 2 is 1.37 bits per heavy atom. The number of nitrogens with two attached hydrogens (primary N) is 1. The number of carbonyl (C=O) groups excluding carboxylic acids is 6. The van der Waals surface area contributed by atoms with Crippen molar-refractivity contribution in [3.63, 3.8) is 0 Å². The van der Waals surface area contributed by atoms with Gasteiger partial charge in [-0.2, -0.15) is 0 Å². The Kier molecular flexibility index (Phi) is 22.7. The highest BCUT2D eigenvalue weighted by atomic mass is 16.4. The van der Waals surface area contributed by atoms with Crippen molar-refractivity contribution >= 4 is 41.4 Å². The van der Waals surface area contributed by atoms with E-state index in [4.69, 9.17) is 5.73 Å². The third-order valence-electron chi connectivity index (χ3n) is 11.0. The highest BCUT2D eigenvalue weighted by Gasteiger charge is 2.35. The zero-order valence-corrected chi connectivity index (χ0v) is 37.5. The standard InChI is InChI=1S/C44H73N7O8/c1-13-27(5)37(49-40(54)31(9)45)29(7)19-18-20-30(8)39(53)47-34(23-26(3)4)41(55)46-32(10)42(56)51(12)35(24-33-21-16-15-17-22-33)43(57)50(11)25-36(52)48-38(44(58)59)28(6)14-2/h15-17,20-22,26-29,31-32,34-35,37-38H,13-14,18-19,23-25,45H2,1-12H3,(H,46,55)(H,47,53)(H,48,52)(H,49,54)(H,58,59)/b30-20+/t27?,28?,29-,31?,32+,34+,35+,37+,38-/m0/s1. The molecule has 7 N–H and O–H groups in total. The van der Waals surface area contributed by atoms with Gasteiger partial charge in [0.2, 0.25) is 35.4 Å². The molecule has 15 heteroatoms. The number of allylic oxidation sites excluding steroid dienone is 1. The van der Waals surface area contributed by atoms with Crippen LogP contribution in [0.1, 0.15) is 107 Å². The van der Waals surface area contributed by atoms with Crippen LogP contribution in [0.2, 0.25) is 0 Å². The number of nitrogens with zero attached hydrogens (tertiary/aromatic N) is 2. The molecule has 0 bridgehead atoms. The normalized spacial score (nSPS) is 16.2. The van der Waals surface area contributed by atoms with Crippen molar-refractivity contribution in [3.05, 3.63) is 47.5 Å². The quantitative estimate of drug-likeness (QED) is 0.0795. The molecule has 59 heavy (non-hydrogen) atoms. The number of hydrogen-bond donors (Lipinski definition) is 6. The monoisotopic (exact) mass is 828 g/mol. The van der Waals surface area contributed by atoms with E-state index < -0.39 is 72.3 Å². The molecule has 6 amide bonds. The van der Waals surface area contributed by atoms with Gasteiger partial charge in [-0.3, -0.25) is 28.8 Å². The van der Waals surface area contributed by atoms with E-state index in [0.717, 1.165) is 16.9 Å². The van der Waals surface area contributed by atoms with Crippen LogP contribution in [-0.4, -0.2) is 113 Å². The van der Waals surface area contributed by atoms with E-state index in [9.17, 15) is 38.7 Å².